The molecule has 2 saturated heterocycles. The van der Waals surface area contributed by atoms with Gasteiger partial charge in [-0.15, -0.1) is 0 Å². The number of nitrogens with zero attached hydrogens (tertiary/aromatic N) is 5. The highest BCUT2D eigenvalue weighted by Crippen LogP contribution is 2.32. The number of carbonyl (C=O) groups is 1. The number of amides is 1. The number of carbonyl (C=O) groups excluding carboxylic acids is 1. The van der Waals surface area contributed by atoms with E-state index in [9.17, 15) is 18.0 Å². The lowest BCUT2D eigenvalue weighted by atomic mass is 9.93. The van der Waals surface area contributed by atoms with Crippen molar-refractivity contribution in [1.82, 2.24) is 20.3 Å². The summed E-state index contributed by atoms with van der Waals surface area (Å²) in [5.74, 6) is 2.01. The minimum absolute atomic E-state index is 0.0702. The van der Waals surface area contributed by atoms with Gasteiger partial charge < -0.3 is 19.9 Å². The number of alkyl halides is 3. The van der Waals surface area contributed by atoms with Gasteiger partial charge in [0.05, 0.1) is 18.8 Å². The quantitative estimate of drug-likeness (QED) is 0.636. The average molecular weight is 493 g/mol. The van der Waals surface area contributed by atoms with E-state index in [1.54, 1.807) is 6.07 Å². The third kappa shape index (κ3) is 6.59. The lowest BCUT2D eigenvalue weighted by Gasteiger charge is -2.33. The number of nitrogens with one attached hydrogen (secondary N) is 1. The summed E-state index contributed by atoms with van der Waals surface area (Å²) in [7, 11) is 0. The second-order valence-corrected chi connectivity index (χ2v) is 8.87. The van der Waals surface area contributed by atoms with Crippen LogP contribution in [0.1, 0.15) is 43.1 Å². The van der Waals surface area contributed by atoms with Gasteiger partial charge >= 0.3 is 6.18 Å². The van der Waals surface area contributed by atoms with Gasteiger partial charge in [-0.3, -0.25) is 4.79 Å². The zero-order valence-corrected chi connectivity index (χ0v) is 19.9. The Hall–Kier alpha value is -2.95. The van der Waals surface area contributed by atoms with Gasteiger partial charge in [-0.25, -0.2) is 0 Å². The fraction of sp³-hybridized carbons (Fsp3) is 0.583. The SMILES string of the molecule is CCc1nc(N2CCOCC2)nc(N2CCC(CC(=O)NCc3ccccc3C(F)(F)F)CC2)n1. The summed E-state index contributed by atoms with van der Waals surface area (Å²) >= 11 is 0. The first-order valence-electron chi connectivity index (χ1n) is 12.1. The van der Waals surface area contributed by atoms with E-state index in [2.05, 4.69) is 25.1 Å². The molecule has 0 saturated carbocycles. The smallest absolute Gasteiger partial charge is 0.378 e. The number of halogens is 3. The number of piperidine rings is 1. The number of anilines is 2. The molecule has 0 bridgehead atoms. The van der Waals surface area contributed by atoms with E-state index in [1.807, 2.05) is 6.92 Å². The van der Waals surface area contributed by atoms with Crippen LogP contribution in [0.2, 0.25) is 0 Å². The van der Waals surface area contributed by atoms with Crippen molar-refractivity contribution in [2.24, 2.45) is 5.92 Å². The van der Waals surface area contributed by atoms with Crippen LogP contribution in [0.5, 0.6) is 0 Å². The zero-order chi connectivity index (χ0) is 24.8. The molecule has 0 unspecified atom stereocenters. The topological polar surface area (TPSA) is 83.5 Å². The Morgan fingerprint density at radius 2 is 1.66 bits per heavy atom. The van der Waals surface area contributed by atoms with Gasteiger partial charge in [-0.05, 0) is 30.4 Å². The van der Waals surface area contributed by atoms with Crippen molar-refractivity contribution in [3.05, 3.63) is 41.2 Å². The van der Waals surface area contributed by atoms with Gasteiger partial charge in [0.2, 0.25) is 17.8 Å². The van der Waals surface area contributed by atoms with Crippen molar-refractivity contribution in [3.63, 3.8) is 0 Å². The minimum Gasteiger partial charge on any atom is -0.378 e. The highest BCUT2D eigenvalue weighted by Gasteiger charge is 2.33. The van der Waals surface area contributed by atoms with Crippen LogP contribution in [0, 0.1) is 5.92 Å². The Labute approximate surface area is 202 Å². The van der Waals surface area contributed by atoms with E-state index in [4.69, 9.17) is 9.72 Å². The molecular formula is C24H31F3N6O2. The summed E-state index contributed by atoms with van der Waals surface area (Å²) in [6, 6.07) is 5.32. The van der Waals surface area contributed by atoms with Gasteiger partial charge in [-0.1, -0.05) is 25.1 Å². The number of rotatable bonds is 7. The number of morpholine rings is 1. The Kier molecular flexibility index (Phi) is 8.04. The van der Waals surface area contributed by atoms with Crippen LogP contribution in [-0.4, -0.2) is 60.3 Å². The Bertz CT molecular complexity index is 1000. The fourth-order valence-electron chi connectivity index (χ4n) is 4.42. The first-order chi connectivity index (χ1) is 16.8. The summed E-state index contributed by atoms with van der Waals surface area (Å²) in [5.41, 5.74) is -0.644. The van der Waals surface area contributed by atoms with Crippen LogP contribution in [0.15, 0.2) is 24.3 Å². The normalized spacial score (nSPS) is 17.5. The molecule has 0 aliphatic carbocycles. The monoisotopic (exact) mass is 492 g/mol. The predicted octanol–water partition coefficient (Wildman–Crippen LogP) is 3.21. The number of hydrogen-bond donors (Lipinski definition) is 1. The van der Waals surface area contributed by atoms with Crippen molar-refractivity contribution in [2.45, 2.75) is 45.3 Å². The van der Waals surface area contributed by atoms with E-state index in [1.165, 1.54) is 12.1 Å². The number of benzene rings is 1. The second kappa shape index (κ2) is 11.2. The molecule has 0 radical (unpaired) electrons. The highest BCUT2D eigenvalue weighted by molar-refractivity contribution is 5.76. The van der Waals surface area contributed by atoms with Crippen LogP contribution < -0.4 is 15.1 Å². The second-order valence-electron chi connectivity index (χ2n) is 8.87. The van der Waals surface area contributed by atoms with Gasteiger partial charge in [0.1, 0.15) is 5.82 Å². The van der Waals surface area contributed by atoms with Crippen molar-refractivity contribution >= 4 is 17.8 Å². The van der Waals surface area contributed by atoms with Crippen LogP contribution in [0.4, 0.5) is 25.1 Å². The van der Waals surface area contributed by atoms with Crippen LogP contribution in [-0.2, 0) is 28.7 Å². The number of hydrogen-bond acceptors (Lipinski definition) is 7. The first kappa shape index (κ1) is 25.2. The molecule has 4 rings (SSSR count). The summed E-state index contributed by atoms with van der Waals surface area (Å²) < 4.78 is 44.9. The molecule has 1 N–H and O–H groups in total. The van der Waals surface area contributed by atoms with Gasteiger partial charge in [0.15, 0.2) is 0 Å². The van der Waals surface area contributed by atoms with Crippen LogP contribution in [0.25, 0.3) is 0 Å². The molecular weight excluding hydrogens is 461 g/mol. The largest absolute Gasteiger partial charge is 0.416 e. The van der Waals surface area contributed by atoms with E-state index in [0.29, 0.717) is 51.0 Å². The molecule has 3 heterocycles. The summed E-state index contributed by atoms with van der Waals surface area (Å²) in [6.45, 7) is 6.10. The van der Waals surface area contributed by atoms with Gasteiger partial charge in [0, 0.05) is 45.6 Å². The Morgan fingerprint density at radius 1 is 1.03 bits per heavy atom. The molecule has 190 valence electrons. The third-order valence-corrected chi connectivity index (χ3v) is 6.44. The zero-order valence-electron chi connectivity index (χ0n) is 19.9. The van der Waals surface area contributed by atoms with Gasteiger partial charge in [-0.2, -0.15) is 28.1 Å². The fourth-order valence-corrected chi connectivity index (χ4v) is 4.42. The van der Waals surface area contributed by atoms with Crippen LogP contribution >= 0.6 is 0 Å². The molecule has 2 aromatic rings. The van der Waals surface area contributed by atoms with Crippen molar-refractivity contribution < 1.29 is 22.7 Å². The lowest BCUT2D eigenvalue weighted by Crippen LogP contribution is -2.39. The standard InChI is InChI=1S/C24H31F3N6O2/c1-2-20-29-22(31-23(30-20)33-11-13-35-14-12-33)32-9-7-17(8-10-32)15-21(34)28-16-18-5-3-4-6-19(18)24(25,26)27/h3-6,17H,2,7-16H2,1H3,(H,28,34). The Balaban J connectivity index is 1.30. The number of aromatic nitrogens is 3. The molecule has 0 spiro atoms. The number of aryl methyl sites for hydroxylation is 1. The van der Waals surface area contributed by atoms with E-state index < -0.39 is 11.7 Å². The van der Waals surface area contributed by atoms with Crippen LogP contribution in [0.3, 0.4) is 0 Å². The molecule has 1 amide bonds. The maximum Gasteiger partial charge on any atom is 0.416 e. The maximum absolute atomic E-state index is 13.2. The molecule has 35 heavy (non-hydrogen) atoms. The molecule has 8 nitrogen and oxygen atoms in total. The lowest BCUT2D eigenvalue weighted by molar-refractivity contribution is -0.138. The molecule has 1 aromatic carbocycles. The summed E-state index contributed by atoms with van der Waals surface area (Å²) in [4.78, 5) is 30.6. The summed E-state index contributed by atoms with van der Waals surface area (Å²) in [6.07, 6.45) is -1.87. The molecule has 11 heteroatoms. The average Bonchev–Trinajstić information content (AvgIpc) is 2.88. The first-order valence-corrected chi connectivity index (χ1v) is 12.1. The van der Waals surface area contributed by atoms with Crippen molar-refractivity contribution in [2.75, 3.05) is 49.2 Å². The van der Waals surface area contributed by atoms with Gasteiger partial charge in [0.25, 0.3) is 0 Å². The van der Waals surface area contributed by atoms with Crippen molar-refractivity contribution in [3.8, 4) is 0 Å². The minimum atomic E-state index is -4.44. The third-order valence-electron chi connectivity index (χ3n) is 6.44. The van der Waals surface area contributed by atoms with E-state index in [-0.39, 0.29) is 23.9 Å². The summed E-state index contributed by atoms with van der Waals surface area (Å²) in [5, 5.41) is 2.66. The predicted molar refractivity (Wildman–Crippen MR) is 125 cm³/mol. The van der Waals surface area contributed by atoms with Crippen molar-refractivity contribution in [1.29, 1.82) is 0 Å². The maximum atomic E-state index is 13.2. The molecule has 2 fully saturated rings. The molecule has 0 atom stereocenters. The molecule has 1 aromatic heterocycles. The van der Waals surface area contributed by atoms with E-state index in [0.717, 1.165) is 37.8 Å². The highest BCUT2D eigenvalue weighted by atomic mass is 19.4. The van der Waals surface area contributed by atoms with E-state index >= 15 is 0 Å². The molecule has 2 aliphatic rings. The molecule has 2 aliphatic heterocycles. The number of ether oxygens (including phenoxy) is 1. The Morgan fingerprint density at radius 3 is 2.29 bits per heavy atom.